The number of pyridine rings is 1. The number of amides is 1. The van der Waals surface area contributed by atoms with Crippen molar-refractivity contribution in [2.24, 2.45) is 12.9 Å². The molecule has 2 N–H and O–H groups in total. The average molecular weight is 708 g/mol. The first-order valence-corrected chi connectivity index (χ1v) is 14.8. The zero-order valence-electron chi connectivity index (χ0n) is 27.7. The van der Waals surface area contributed by atoms with E-state index >= 15 is 0 Å². The molecule has 0 radical (unpaired) electrons. The van der Waals surface area contributed by atoms with E-state index in [1.54, 1.807) is 43.5 Å². The maximum Gasteiger partial charge on any atom is 0.490 e. The molecule has 1 aromatic carbocycles. The highest BCUT2D eigenvalue weighted by atomic mass is 35.5. The summed E-state index contributed by atoms with van der Waals surface area (Å²) in [4.78, 5) is 44.8. The van der Waals surface area contributed by atoms with Gasteiger partial charge < -0.3 is 10.4 Å². The molecule has 5 heterocycles. The van der Waals surface area contributed by atoms with Gasteiger partial charge in [0.2, 0.25) is 5.91 Å². The lowest BCUT2D eigenvalue weighted by Crippen LogP contribution is -2.27. The summed E-state index contributed by atoms with van der Waals surface area (Å²) >= 11 is 12.3. The molecule has 48 heavy (non-hydrogen) atoms. The Balaban J connectivity index is 0.000000654. The average Bonchev–Trinajstić information content (AvgIpc) is 3.69. The third-order valence-corrected chi connectivity index (χ3v) is 7.75. The minimum atomic E-state index is -5.08. The van der Waals surface area contributed by atoms with Crippen LogP contribution in [-0.4, -0.2) is 62.5 Å². The third-order valence-electron chi connectivity index (χ3n) is 7.35. The second kappa shape index (κ2) is 13.9. The number of aliphatic carboxylic acids is 1. The topological polar surface area (TPSA) is 163 Å². The molecule has 6 rings (SSSR count). The smallest absolute Gasteiger partial charge is 0.475 e. The van der Waals surface area contributed by atoms with Crippen LogP contribution in [0.1, 0.15) is 42.0 Å². The molecule has 2 bridgehead atoms. The Bertz CT molecular complexity index is 2150. The van der Waals surface area contributed by atoms with Crippen molar-refractivity contribution >= 4 is 40.8 Å². The fourth-order valence-electron chi connectivity index (χ4n) is 5.00. The zero-order valence-corrected chi connectivity index (χ0v) is 26.2. The highest BCUT2D eigenvalue weighted by molar-refractivity contribution is 6.31. The summed E-state index contributed by atoms with van der Waals surface area (Å²) in [6.07, 6.45) is 2.38. The number of nitrogens with zero attached hydrogens (tertiary/aromatic N) is 8. The van der Waals surface area contributed by atoms with Crippen LogP contribution in [0.5, 0.6) is 0 Å². The molecule has 0 unspecified atom stereocenters. The van der Waals surface area contributed by atoms with Gasteiger partial charge in [-0.2, -0.15) is 18.3 Å². The summed E-state index contributed by atoms with van der Waals surface area (Å²) in [7, 11) is 0. The number of benzene rings is 1. The number of carboxylic acids is 1. The van der Waals surface area contributed by atoms with E-state index in [-0.39, 0.29) is 33.9 Å². The van der Waals surface area contributed by atoms with E-state index in [1.807, 2.05) is 0 Å². The largest absolute Gasteiger partial charge is 0.490 e. The van der Waals surface area contributed by atoms with Gasteiger partial charge >= 0.3 is 12.1 Å². The molecule has 2 atom stereocenters. The molecule has 13 nitrogen and oxygen atoms in total. The van der Waals surface area contributed by atoms with Gasteiger partial charge in [-0.3, -0.25) is 23.8 Å². The highest BCUT2D eigenvalue weighted by Crippen LogP contribution is 2.33. The second-order valence-corrected chi connectivity index (χ2v) is 11.4. The quantitative estimate of drug-likeness (QED) is 0.244. The van der Waals surface area contributed by atoms with Crippen LogP contribution in [0.15, 0.2) is 66.1 Å². The first kappa shape index (κ1) is 30.3. The molecule has 5 aromatic rings. The lowest BCUT2D eigenvalue weighted by Gasteiger charge is -2.22. The van der Waals surface area contributed by atoms with Crippen LogP contribution in [-0.2, 0) is 16.6 Å². The summed E-state index contributed by atoms with van der Waals surface area (Å²) in [6.45, 7) is -0.799. The SMILES string of the molecule is O=C(O)C(F)(F)F.[2H]C([2H])([2H])n1ncc2c1-c1ccnc(c1)[C@@H](n1cnc(-c3cc(Cl)ccc3-n3cc(Cl)nn3)cc1=O)CCC[C@@H](C)C(=O)N2. The lowest BCUT2D eigenvalue weighted by molar-refractivity contribution is -0.192. The summed E-state index contributed by atoms with van der Waals surface area (Å²) < 4.78 is 59.6. The van der Waals surface area contributed by atoms with Crippen molar-refractivity contribution in [3.63, 3.8) is 0 Å². The minimum Gasteiger partial charge on any atom is -0.475 e. The van der Waals surface area contributed by atoms with E-state index in [1.165, 1.54) is 34.0 Å². The number of halogens is 5. The van der Waals surface area contributed by atoms with Crippen molar-refractivity contribution in [3.05, 3.63) is 87.5 Å². The molecule has 1 aliphatic rings. The Kier molecular flexibility index (Phi) is 8.79. The molecule has 0 fully saturated rings. The Morgan fingerprint density at radius 2 is 1.90 bits per heavy atom. The van der Waals surface area contributed by atoms with Crippen molar-refractivity contribution in [3.8, 4) is 28.2 Å². The van der Waals surface area contributed by atoms with Gasteiger partial charge in [0.05, 0.1) is 53.2 Å². The summed E-state index contributed by atoms with van der Waals surface area (Å²) in [5.74, 6) is -3.39. The van der Waals surface area contributed by atoms with E-state index in [9.17, 15) is 22.8 Å². The molecule has 0 aliphatic carbocycles. The number of aromatic nitrogens is 8. The summed E-state index contributed by atoms with van der Waals surface area (Å²) in [5.41, 5.74) is 2.65. The Hall–Kier alpha value is -5.09. The van der Waals surface area contributed by atoms with Crippen molar-refractivity contribution in [1.29, 1.82) is 0 Å². The second-order valence-electron chi connectivity index (χ2n) is 10.6. The van der Waals surface area contributed by atoms with Gasteiger partial charge in [-0.15, -0.1) is 5.10 Å². The van der Waals surface area contributed by atoms with Crippen molar-refractivity contribution < 1.29 is 32.0 Å². The normalized spacial score (nSPS) is 17.6. The molecule has 18 heteroatoms. The summed E-state index contributed by atoms with van der Waals surface area (Å²) in [6, 6.07) is 9.31. The molecule has 0 saturated heterocycles. The van der Waals surface area contributed by atoms with Gasteiger partial charge in [0.1, 0.15) is 0 Å². The number of carbonyl (C=O) groups is 2. The molecular formula is C30H26Cl2F3N9O4. The molecule has 250 valence electrons. The van der Waals surface area contributed by atoms with E-state index < -0.39 is 25.2 Å². The van der Waals surface area contributed by atoms with Crippen LogP contribution >= 0.6 is 23.2 Å². The van der Waals surface area contributed by atoms with Crippen molar-refractivity contribution in [1.82, 2.24) is 39.3 Å². The zero-order chi connectivity index (χ0) is 37.2. The van der Waals surface area contributed by atoms with E-state index in [0.29, 0.717) is 52.5 Å². The van der Waals surface area contributed by atoms with Crippen molar-refractivity contribution in [2.45, 2.75) is 38.4 Å². The van der Waals surface area contributed by atoms with E-state index in [4.69, 9.17) is 37.2 Å². The number of fused-ring (bicyclic) bond motifs is 4. The first-order valence-electron chi connectivity index (χ1n) is 15.6. The number of nitrogens with one attached hydrogen (secondary N) is 1. The van der Waals surface area contributed by atoms with Gasteiger partial charge in [0.25, 0.3) is 5.56 Å². The standard InChI is InChI=1S/C28H25Cl2N9O2.C2HF3O2/c1-16-4-3-5-24(21-10-17(8-9-31-21)27-22(34-28(16)41)13-33-37(27)2)38-15-32-20(12-26(38)40)19-11-18(29)6-7-23(19)39-14-25(30)35-36-39;3-2(4,5)1(6)7/h6-16,24H,3-5H2,1-2H3,(H,34,41);(H,6,7)/t16-,24+;/m1./s1/i2D3;. The van der Waals surface area contributed by atoms with Gasteiger partial charge in [-0.1, -0.05) is 41.8 Å². The van der Waals surface area contributed by atoms with Gasteiger partial charge in [0.15, 0.2) is 5.15 Å². The number of carboxylic acid groups (broad SMARTS) is 1. The van der Waals surface area contributed by atoms with Gasteiger partial charge in [0, 0.05) is 45.4 Å². The molecule has 0 spiro atoms. The number of carbonyl (C=O) groups excluding carboxylic acids is 1. The van der Waals surface area contributed by atoms with Gasteiger partial charge in [-0.05, 0) is 43.2 Å². The van der Waals surface area contributed by atoms with Crippen LogP contribution in [0.4, 0.5) is 18.9 Å². The van der Waals surface area contributed by atoms with E-state index in [2.05, 4.69) is 30.7 Å². The number of hydrogen-bond acceptors (Lipinski definition) is 8. The highest BCUT2D eigenvalue weighted by Gasteiger charge is 2.38. The predicted molar refractivity (Wildman–Crippen MR) is 169 cm³/mol. The lowest BCUT2D eigenvalue weighted by atomic mass is 9.97. The van der Waals surface area contributed by atoms with Crippen molar-refractivity contribution in [2.75, 3.05) is 5.32 Å². The number of aryl methyl sites for hydroxylation is 1. The van der Waals surface area contributed by atoms with E-state index in [0.717, 1.165) is 4.68 Å². The van der Waals surface area contributed by atoms with Crippen LogP contribution < -0.4 is 10.9 Å². The number of rotatable bonds is 3. The minimum absolute atomic E-state index is 0.201. The Morgan fingerprint density at radius 1 is 1.12 bits per heavy atom. The summed E-state index contributed by atoms with van der Waals surface area (Å²) in [5, 5.41) is 22.5. The number of alkyl halides is 3. The fourth-order valence-corrected chi connectivity index (χ4v) is 5.29. The molecule has 0 saturated carbocycles. The number of hydrogen-bond donors (Lipinski definition) is 2. The fraction of sp³-hybridized carbons (Fsp3) is 0.267. The Labute approximate surface area is 284 Å². The first-order chi connectivity index (χ1) is 23.9. The van der Waals surface area contributed by atoms with Gasteiger partial charge in [-0.25, -0.2) is 14.5 Å². The van der Waals surface area contributed by atoms with Crippen LogP contribution in [0, 0.1) is 5.92 Å². The van der Waals surface area contributed by atoms with Crippen LogP contribution in [0.25, 0.3) is 28.2 Å². The predicted octanol–water partition coefficient (Wildman–Crippen LogP) is 5.57. The third kappa shape index (κ3) is 7.55. The Morgan fingerprint density at radius 3 is 2.56 bits per heavy atom. The maximum absolute atomic E-state index is 13.7. The molecule has 1 aliphatic heterocycles. The van der Waals surface area contributed by atoms with Crippen LogP contribution in [0.3, 0.4) is 0 Å². The molecular weight excluding hydrogens is 678 g/mol. The number of anilines is 1. The van der Waals surface area contributed by atoms with Crippen LogP contribution in [0.2, 0.25) is 10.2 Å². The maximum atomic E-state index is 13.7. The molecule has 4 aromatic heterocycles. The molecule has 1 amide bonds. The monoisotopic (exact) mass is 706 g/mol.